The van der Waals surface area contributed by atoms with Gasteiger partial charge in [0.15, 0.2) is 5.78 Å². The number of aromatic amines is 1. The number of hydrogen-bond acceptors (Lipinski definition) is 5. The van der Waals surface area contributed by atoms with Crippen LogP contribution in [0.5, 0.6) is 0 Å². The van der Waals surface area contributed by atoms with Gasteiger partial charge in [-0.25, -0.2) is 0 Å². The molecule has 6 nitrogen and oxygen atoms in total. The number of halogens is 2. The summed E-state index contributed by atoms with van der Waals surface area (Å²) in [4.78, 5) is 28.3. The number of nitrogens with one attached hydrogen (secondary N) is 3. The molecule has 3 atom stereocenters. The minimum absolute atomic E-state index is 0.0249. The highest BCUT2D eigenvalue weighted by Crippen LogP contribution is 2.39. The van der Waals surface area contributed by atoms with Gasteiger partial charge < -0.3 is 20.7 Å². The highest BCUT2D eigenvalue weighted by atomic mass is 35.5. The number of Topliss-reactive ketones (excluding diaryl/α,β-unsaturated/α-hetero) is 1. The van der Waals surface area contributed by atoms with Crippen LogP contribution in [0, 0.1) is 5.92 Å². The Morgan fingerprint density at radius 1 is 1.29 bits per heavy atom. The third-order valence-corrected chi connectivity index (χ3v) is 7.56. The molecule has 3 aromatic rings. The summed E-state index contributed by atoms with van der Waals surface area (Å²) < 4.78 is 1.30. The first kappa shape index (κ1) is 22.3. The number of fused-ring (bicyclic) bond motifs is 2. The van der Waals surface area contributed by atoms with Gasteiger partial charge in [0, 0.05) is 0 Å². The number of carbonyl (C=O) groups excluding carboxylic acids is 2. The Hall–Kier alpha value is -1.90. The van der Waals surface area contributed by atoms with Crippen LogP contribution in [0.3, 0.4) is 0 Å². The lowest BCUT2D eigenvalue weighted by Crippen LogP contribution is -2.45. The molecule has 2 heterocycles. The van der Waals surface area contributed by atoms with E-state index in [1.165, 1.54) is 11.3 Å². The topological polar surface area (TPSA) is 94.2 Å². The lowest BCUT2D eigenvalue weighted by molar-refractivity contribution is -0.128. The smallest absolute Gasteiger partial charge is 0.268 e. The molecule has 4 rings (SSSR count). The van der Waals surface area contributed by atoms with Crippen molar-refractivity contribution in [1.29, 1.82) is 0 Å². The van der Waals surface area contributed by atoms with Crippen molar-refractivity contribution < 1.29 is 14.7 Å². The van der Waals surface area contributed by atoms with Gasteiger partial charge in [0.2, 0.25) is 0 Å². The number of carbonyl (C=O) groups is 2. The molecule has 1 amide bonds. The molecule has 9 heteroatoms. The van der Waals surface area contributed by atoms with E-state index in [4.69, 9.17) is 23.2 Å². The van der Waals surface area contributed by atoms with Crippen LogP contribution in [-0.2, 0) is 11.2 Å². The zero-order chi connectivity index (χ0) is 22.3. The van der Waals surface area contributed by atoms with Crippen LogP contribution in [0.25, 0.3) is 10.2 Å². The minimum atomic E-state index is -1.01. The fraction of sp³-hybridized carbons (Fsp3) is 0.364. The predicted octanol–water partition coefficient (Wildman–Crippen LogP) is 4.11. The molecule has 0 saturated heterocycles. The number of amides is 1. The number of benzene rings is 1. The molecule has 4 N–H and O–H groups in total. The molecule has 2 aromatic heterocycles. The Bertz CT molecular complexity index is 1140. The van der Waals surface area contributed by atoms with Crippen molar-refractivity contribution in [2.75, 3.05) is 6.54 Å². The first-order valence-corrected chi connectivity index (χ1v) is 11.6. The van der Waals surface area contributed by atoms with Crippen LogP contribution in [0.15, 0.2) is 30.3 Å². The first-order valence-electron chi connectivity index (χ1n) is 10.1. The second kappa shape index (κ2) is 8.92. The number of hydrogen-bond donors (Lipinski definition) is 4. The zero-order valence-corrected chi connectivity index (χ0v) is 19.4. The number of thiophene rings is 1. The zero-order valence-electron chi connectivity index (χ0n) is 17.0. The highest BCUT2D eigenvalue weighted by Gasteiger charge is 2.34. The van der Waals surface area contributed by atoms with Crippen LogP contribution in [-0.4, -0.2) is 40.5 Å². The van der Waals surface area contributed by atoms with Crippen LogP contribution in [0.1, 0.15) is 41.5 Å². The fourth-order valence-electron chi connectivity index (χ4n) is 3.96. The summed E-state index contributed by atoms with van der Waals surface area (Å²) in [6, 6.07) is 9.17. The molecule has 164 valence electrons. The van der Waals surface area contributed by atoms with Crippen LogP contribution < -0.4 is 10.6 Å². The van der Waals surface area contributed by atoms with E-state index in [1.54, 1.807) is 19.9 Å². The standard InChI is InChI=1S/C22H23Cl2N3O3S/c1-10(2)20(29)15(28)9-25-18-12-6-4-3-5-11(12)7-13(18)27-22(30)14-8-16-19(26-14)17(23)21(24)31-16/h3-6,8,10,13,18,20,25-26,29H,7,9H2,1-2H3,(H,27,30)/t13-,18-,20+/m1/s1. The average Bonchev–Trinajstić information content (AvgIpc) is 3.38. The van der Waals surface area contributed by atoms with E-state index in [0.717, 1.165) is 15.8 Å². The Morgan fingerprint density at radius 3 is 2.74 bits per heavy atom. The van der Waals surface area contributed by atoms with Crippen LogP contribution in [0.4, 0.5) is 0 Å². The normalized spacial score (nSPS) is 19.0. The summed E-state index contributed by atoms with van der Waals surface area (Å²) in [5, 5.41) is 16.8. The van der Waals surface area contributed by atoms with Gasteiger partial charge in [-0.3, -0.25) is 9.59 Å². The predicted molar refractivity (Wildman–Crippen MR) is 124 cm³/mol. The molecule has 0 radical (unpaired) electrons. The number of ketones is 1. The van der Waals surface area contributed by atoms with E-state index in [2.05, 4.69) is 15.6 Å². The lowest BCUT2D eigenvalue weighted by atomic mass is 10.0. The monoisotopic (exact) mass is 479 g/mol. The van der Waals surface area contributed by atoms with Gasteiger partial charge in [0.1, 0.15) is 16.1 Å². The molecule has 1 aliphatic rings. The van der Waals surface area contributed by atoms with Crippen LogP contribution >= 0.6 is 34.5 Å². The third-order valence-electron chi connectivity index (χ3n) is 5.62. The first-order chi connectivity index (χ1) is 14.8. The van der Waals surface area contributed by atoms with E-state index in [0.29, 0.717) is 27.0 Å². The molecule has 0 aliphatic heterocycles. The summed E-state index contributed by atoms with van der Waals surface area (Å²) in [6.45, 7) is 3.63. The van der Waals surface area contributed by atoms with Gasteiger partial charge in [-0.15, -0.1) is 11.3 Å². The van der Waals surface area contributed by atoms with Gasteiger partial charge in [-0.1, -0.05) is 61.3 Å². The Kier molecular flexibility index (Phi) is 6.42. The van der Waals surface area contributed by atoms with Gasteiger partial charge in [0.05, 0.1) is 33.9 Å². The maximum absolute atomic E-state index is 12.9. The molecule has 0 bridgehead atoms. The van der Waals surface area contributed by atoms with E-state index >= 15 is 0 Å². The summed E-state index contributed by atoms with van der Waals surface area (Å²) in [5.41, 5.74) is 3.21. The van der Waals surface area contributed by atoms with Crippen molar-refractivity contribution in [2.45, 2.75) is 38.5 Å². The van der Waals surface area contributed by atoms with Crippen molar-refractivity contribution in [1.82, 2.24) is 15.6 Å². The SMILES string of the molecule is CC(C)[C@H](O)C(=O)CN[C@@H]1c2ccccc2C[C@H]1NC(=O)c1cc2sc(Cl)c(Cl)c2[nH]1. The molecule has 0 spiro atoms. The molecule has 0 saturated carbocycles. The molecule has 0 fully saturated rings. The number of aromatic nitrogens is 1. The quantitative estimate of drug-likeness (QED) is 0.410. The van der Waals surface area contributed by atoms with Crippen molar-refractivity contribution in [2.24, 2.45) is 5.92 Å². The second-order valence-corrected chi connectivity index (χ2v) is 10.1. The third kappa shape index (κ3) is 4.38. The van der Waals surface area contributed by atoms with Gasteiger partial charge in [-0.2, -0.15) is 0 Å². The van der Waals surface area contributed by atoms with E-state index in [-0.39, 0.29) is 36.2 Å². The maximum atomic E-state index is 12.9. The summed E-state index contributed by atoms with van der Waals surface area (Å²) in [6.07, 6.45) is -0.372. The summed E-state index contributed by atoms with van der Waals surface area (Å²) in [7, 11) is 0. The Balaban J connectivity index is 1.51. The van der Waals surface area contributed by atoms with E-state index < -0.39 is 6.10 Å². The number of rotatable bonds is 7. The summed E-state index contributed by atoms with van der Waals surface area (Å²) >= 11 is 13.5. The van der Waals surface area contributed by atoms with Crippen molar-refractivity contribution in [3.8, 4) is 0 Å². The van der Waals surface area contributed by atoms with E-state index in [1.807, 2.05) is 24.3 Å². The van der Waals surface area contributed by atoms with Gasteiger partial charge in [0.25, 0.3) is 5.91 Å². The molecular weight excluding hydrogens is 457 g/mol. The fourth-order valence-corrected chi connectivity index (χ4v) is 5.44. The number of H-pyrrole nitrogens is 1. The largest absolute Gasteiger partial charge is 0.385 e. The van der Waals surface area contributed by atoms with Gasteiger partial charge in [-0.05, 0) is 29.5 Å². The average molecular weight is 480 g/mol. The molecular formula is C22H23Cl2N3O3S. The van der Waals surface area contributed by atoms with Gasteiger partial charge >= 0.3 is 0 Å². The van der Waals surface area contributed by atoms with Crippen molar-refractivity contribution >= 4 is 56.4 Å². The molecule has 31 heavy (non-hydrogen) atoms. The molecule has 1 aromatic carbocycles. The minimum Gasteiger partial charge on any atom is -0.385 e. The molecule has 0 unspecified atom stereocenters. The van der Waals surface area contributed by atoms with Crippen molar-refractivity contribution in [3.05, 3.63) is 56.5 Å². The Labute approximate surface area is 193 Å². The van der Waals surface area contributed by atoms with Crippen LogP contribution in [0.2, 0.25) is 9.36 Å². The molecule has 1 aliphatic carbocycles. The Morgan fingerprint density at radius 2 is 2.03 bits per heavy atom. The van der Waals surface area contributed by atoms with Crippen molar-refractivity contribution in [3.63, 3.8) is 0 Å². The number of aliphatic hydroxyl groups is 1. The maximum Gasteiger partial charge on any atom is 0.268 e. The number of aliphatic hydroxyl groups excluding tert-OH is 1. The van der Waals surface area contributed by atoms with E-state index in [9.17, 15) is 14.7 Å². The second-order valence-electron chi connectivity index (χ2n) is 8.11. The lowest BCUT2D eigenvalue weighted by Gasteiger charge is -2.24. The highest BCUT2D eigenvalue weighted by molar-refractivity contribution is 7.23. The summed E-state index contributed by atoms with van der Waals surface area (Å²) in [5.74, 6) is -0.669.